The topological polar surface area (TPSA) is 149 Å². The number of benzene rings is 4. The molecule has 4 aromatic rings. The Labute approximate surface area is 242 Å². The molecule has 2 amide bonds. The van der Waals surface area contributed by atoms with Crippen molar-refractivity contribution in [1.82, 2.24) is 5.43 Å². The maximum Gasteiger partial charge on any atom is 0.343 e. The van der Waals surface area contributed by atoms with Crippen molar-refractivity contribution in [2.75, 3.05) is 12.4 Å². The van der Waals surface area contributed by atoms with Gasteiger partial charge >= 0.3 is 5.97 Å². The summed E-state index contributed by atoms with van der Waals surface area (Å²) in [6.45, 7) is 0. The Morgan fingerprint density at radius 2 is 1.46 bits per heavy atom. The highest BCUT2D eigenvalue weighted by Gasteiger charge is 2.14. The number of nitro benzene ring substituents is 1. The Morgan fingerprint density at radius 1 is 0.854 bits per heavy atom. The first kappa shape index (κ1) is 28.6. The zero-order valence-corrected chi connectivity index (χ0v) is 23.0. The SMILES string of the molecule is COc1ccc(C(=O)Nc2ccc(C(=O)N/N=C\c3cc(Br)ccc3OC(=O)c3ccc([N+](=O)[O-])cc3)cc2)cc1. The second-order valence-corrected chi connectivity index (χ2v) is 9.25. The average molecular weight is 617 g/mol. The Balaban J connectivity index is 1.37. The highest BCUT2D eigenvalue weighted by molar-refractivity contribution is 9.10. The van der Waals surface area contributed by atoms with E-state index in [1.807, 2.05) is 0 Å². The summed E-state index contributed by atoms with van der Waals surface area (Å²) in [6, 6.07) is 22.7. The van der Waals surface area contributed by atoms with Crippen LogP contribution >= 0.6 is 15.9 Å². The van der Waals surface area contributed by atoms with Gasteiger partial charge in [-0.3, -0.25) is 19.7 Å². The largest absolute Gasteiger partial charge is 0.497 e. The number of nitro groups is 1. The summed E-state index contributed by atoms with van der Waals surface area (Å²) >= 11 is 3.34. The number of esters is 1. The lowest BCUT2D eigenvalue weighted by Gasteiger charge is -2.08. The van der Waals surface area contributed by atoms with Crippen LogP contribution in [-0.2, 0) is 0 Å². The number of nitrogens with one attached hydrogen (secondary N) is 2. The predicted octanol–water partition coefficient (Wildman–Crippen LogP) is 5.60. The van der Waals surface area contributed by atoms with Gasteiger partial charge in [0, 0.05) is 39.0 Å². The van der Waals surface area contributed by atoms with Crippen LogP contribution < -0.4 is 20.2 Å². The number of carbonyl (C=O) groups is 3. The second kappa shape index (κ2) is 13.1. The molecular weight excluding hydrogens is 596 g/mol. The van der Waals surface area contributed by atoms with Gasteiger partial charge in [0.15, 0.2) is 0 Å². The summed E-state index contributed by atoms with van der Waals surface area (Å²) in [7, 11) is 1.54. The third-order valence-electron chi connectivity index (χ3n) is 5.62. The van der Waals surface area contributed by atoms with Crippen molar-refractivity contribution in [3.8, 4) is 11.5 Å². The number of rotatable bonds is 9. The number of non-ortho nitro benzene ring substituents is 1. The average Bonchev–Trinajstić information content (AvgIpc) is 2.98. The van der Waals surface area contributed by atoms with E-state index in [9.17, 15) is 24.5 Å². The molecule has 2 N–H and O–H groups in total. The van der Waals surface area contributed by atoms with Gasteiger partial charge in [0.2, 0.25) is 0 Å². The van der Waals surface area contributed by atoms with Gasteiger partial charge in [-0.25, -0.2) is 10.2 Å². The molecule has 0 saturated carbocycles. The fraction of sp³-hybridized carbons (Fsp3) is 0.0345. The molecule has 0 bridgehead atoms. The van der Waals surface area contributed by atoms with Gasteiger partial charge in [-0.15, -0.1) is 0 Å². The fourth-order valence-corrected chi connectivity index (χ4v) is 3.85. The van der Waals surface area contributed by atoms with Crippen molar-refractivity contribution in [1.29, 1.82) is 0 Å². The first-order chi connectivity index (χ1) is 19.7. The van der Waals surface area contributed by atoms with Crippen LogP contribution in [0.4, 0.5) is 11.4 Å². The number of hydrogen-bond acceptors (Lipinski definition) is 8. The van der Waals surface area contributed by atoms with E-state index in [0.29, 0.717) is 32.6 Å². The van der Waals surface area contributed by atoms with E-state index in [1.54, 1.807) is 55.6 Å². The van der Waals surface area contributed by atoms with Gasteiger partial charge < -0.3 is 14.8 Å². The molecule has 0 heterocycles. The van der Waals surface area contributed by atoms with Crippen molar-refractivity contribution >= 4 is 51.3 Å². The Hall–Kier alpha value is -5.36. The molecule has 12 heteroatoms. The van der Waals surface area contributed by atoms with E-state index in [0.717, 1.165) is 0 Å². The lowest BCUT2D eigenvalue weighted by atomic mass is 10.1. The molecule has 0 spiro atoms. The van der Waals surface area contributed by atoms with E-state index in [2.05, 4.69) is 31.8 Å². The minimum atomic E-state index is -0.722. The number of hydrogen-bond donors (Lipinski definition) is 2. The van der Waals surface area contributed by atoms with Crippen LogP contribution in [0.5, 0.6) is 11.5 Å². The van der Waals surface area contributed by atoms with Crippen molar-refractivity contribution in [3.05, 3.63) is 128 Å². The first-order valence-corrected chi connectivity index (χ1v) is 12.7. The summed E-state index contributed by atoms with van der Waals surface area (Å²) < 4.78 is 11.2. The molecule has 4 aromatic carbocycles. The van der Waals surface area contributed by atoms with Crippen molar-refractivity contribution in [2.45, 2.75) is 0 Å². The van der Waals surface area contributed by atoms with Gasteiger partial charge in [-0.1, -0.05) is 15.9 Å². The number of anilines is 1. The standard InChI is InChI=1S/C29H21BrN4O7/c1-40-25-13-6-18(7-14-25)27(35)32-23-9-2-19(3-10-23)28(36)33-31-17-21-16-22(30)8-15-26(21)41-29(37)20-4-11-24(12-5-20)34(38)39/h2-17H,1H3,(H,32,35)(H,33,36)/b31-17-. The van der Waals surface area contributed by atoms with Gasteiger partial charge in [0.05, 0.1) is 23.8 Å². The van der Waals surface area contributed by atoms with Gasteiger partial charge in [0.1, 0.15) is 11.5 Å². The molecule has 4 rings (SSSR count). The van der Waals surface area contributed by atoms with Crippen LogP contribution in [0.1, 0.15) is 36.6 Å². The summed E-state index contributed by atoms with van der Waals surface area (Å²) in [5, 5.41) is 17.5. The van der Waals surface area contributed by atoms with Gasteiger partial charge in [-0.05, 0) is 78.9 Å². The maximum atomic E-state index is 12.6. The molecule has 0 atom stereocenters. The monoisotopic (exact) mass is 616 g/mol. The molecule has 0 unspecified atom stereocenters. The lowest BCUT2D eigenvalue weighted by Crippen LogP contribution is -2.18. The predicted molar refractivity (Wildman–Crippen MR) is 155 cm³/mol. The number of hydrazone groups is 1. The molecule has 0 saturated heterocycles. The van der Waals surface area contributed by atoms with Crippen LogP contribution in [0, 0.1) is 10.1 Å². The smallest absolute Gasteiger partial charge is 0.343 e. The fourth-order valence-electron chi connectivity index (χ4n) is 3.47. The highest BCUT2D eigenvalue weighted by Crippen LogP contribution is 2.23. The summed E-state index contributed by atoms with van der Waals surface area (Å²) in [4.78, 5) is 47.8. The second-order valence-electron chi connectivity index (χ2n) is 8.33. The molecule has 0 fully saturated rings. The minimum absolute atomic E-state index is 0.123. The number of ether oxygens (including phenoxy) is 2. The molecule has 0 aliphatic rings. The van der Waals surface area contributed by atoms with Crippen LogP contribution in [0.15, 0.2) is 101 Å². The maximum absolute atomic E-state index is 12.6. The minimum Gasteiger partial charge on any atom is -0.497 e. The number of amides is 2. The normalized spacial score (nSPS) is 10.6. The van der Waals surface area contributed by atoms with E-state index < -0.39 is 16.8 Å². The molecule has 11 nitrogen and oxygen atoms in total. The number of halogens is 1. The van der Waals surface area contributed by atoms with Gasteiger partial charge in [0.25, 0.3) is 17.5 Å². The summed E-state index contributed by atoms with van der Waals surface area (Å²) in [6.07, 6.45) is 1.31. The Morgan fingerprint density at radius 3 is 2.10 bits per heavy atom. The van der Waals surface area contributed by atoms with Crippen molar-refractivity contribution in [2.24, 2.45) is 5.10 Å². The zero-order chi connectivity index (χ0) is 29.4. The number of nitrogens with zero attached hydrogens (tertiary/aromatic N) is 2. The van der Waals surface area contributed by atoms with E-state index in [1.165, 1.54) is 48.7 Å². The van der Waals surface area contributed by atoms with Crippen LogP contribution in [-0.4, -0.2) is 36.0 Å². The third kappa shape index (κ3) is 7.61. The molecule has 41 heavy (non-hydrogen) atoms. The van der Waals surface area contributed by atoms with Crippen molar-refractivity contribution < 1.29 is 28.8 Å². The number of methoxy groups -OCH3 is 1. The molecule has 206 valence electrons. The molecule has 0 aliphatic carbocycles. The third-order valence-corrected chi connectivity index (χ3v) is 6.11. The van der Waals surface area contributed by atoms with Crippen LogP contribution in [0.25, 0.3) is 0 Å². The summed E-state index contributed by atoms with van der Waals surface area (Å²) in [5.41, 5.74) is 4.00. The lowest BCUT2D eigenvalue weighted by molar-refractivity contribution is -0.384. The molecule has 0 aromatic heterocycles. The Kier molecular flexibility index (Phi) is 9.17. The highest BCUT2D eigenvalue weighted by atomic mass is 79.9. The van der Waals surface area contributed by atoms with E-state index in [4.69, 9.17) is 9.47 Å². The Bertz CT molecular complexity index is 1620. The van der Waals surface area contributed by atoms with E-state index >= 15 is 0 Å². The van der Waals surface area contributed by atoms with Crippen molar-refractivity contribution in [3.63, 3.8) is 0 Å². The molecule has 0 aliphatic heterocycles. The van der Waals surface area contributed by atoms with Gasteiger partial charge in [-0.2, -0.15) is 5.10 Å². The first-order valence-electron chi connectivity index (χ1n) is 11.9. The van der Waals surface area contributed by atoms with Crippen LogP contribution in [0.2, 0.25) is 0 Å². The zero-order valence-electron chi connectivity index (χ0n) is 21.4. The van der Waals surface area contributed by atoms with E-state index in [-0.39, 0.29) is 22.9 Å². The quantitative estimate of drug-likeness (QED) is 0.0816. The molecule has 0 radical (unpaired) electrons. The number of carbonyl (C=O) groups excluding carboxylic acids is 3. The molecular formula is C29H21BrN4O7. The van der Waals surface area contributed by atoms with Crippen LogP contribution in [0.3, 0.4) is 0 Å². The summed E-state index contributed by atoms with van der Waals surface area (Å²) in [5.74, 6) is -0.743.